The van der Waals surface area contributed by atoms with E-state index in [1.807, 2.05) is 19.1 Å². The first-order chi connectivity index (χ1) is 22.8. The number of hydrogen-bond donors (Lipinski definition) is 1. The first kappa shape index (κ1) is 35.8. The van der Waals surface area contributed by atoms with Crippen molar-refractivity contribution >= 4 is 22.3 Å². The first-order valence-corrected chi connectivity index (χ1v) is 20.6. The van der Waals surface area contributed by atoms with E-state index < -0.39 is 16.8 Å². The van der Waals surface area contributed by atoms with Crippen LogP contribution in [0.15, 0.2) is 55.1 Å². The summed E-state index contributed by atoms with van der Waals surface area (Å²) in [7, 11) is -0.603. The van der Waals surface area contributed by atoms with Crippen LogP contribution >= 0.6 is 0 Å². The number of carboxylic acid groups (broad SMARTS) is 1. The van der Waals surface area contributed by atoms with Crippen molar-refractivity contribution in [1.82, 2.24) is 4.90 Å². The molecule has 0 radical (unpaired) electrons. The highest BCUT2D eigenvalue weighted by Gasteiger charge is 2.69. The molecular formula is C43H63NO3S. The van der Waals surface area contributed by atoms with E-state index >= 15 is 0 Å². The zero-order valence-electron chi connectivity index (χ0n) is 30.9. The lowest BCUT2D eigenvalue weighted by Gasteiger charge is -2.72. The van der Waals surface area contributed by atoms with Crippen molar-refractivity contribution in [1.29, 1.82) is 0 Å². The van der Waals surface area contributed by atoms with E-state index in [0.717, 1.165) is 55.3 Å². The van der Waals surface area contributed by atoms with E-state index in [1.54, 1.807) is 18.2 Å². The number of carboxylic acids is 1. The molecule has 0 aromatic heterocycles. The quantitative estimate of drug-likeness (QED) is 0.316. The van der Waals surface area contributed by atoms with Crippen LogP contribution in [0.4, 0.5) is 0 Å². The maximum absolute atomic E-state index is 11.8. The van der Waals surface area contributed by atoms with Crippen molar-refractivity contribution < 1.29 is 14.1 Å². The molecule has 4 nitrogen and oxygen atoms in total. The van der Waals surface area contributed by atoms with Crippen molar-refractivity contribution in [2.75, 3.05) is 31.1 Å². The van der Waals surface area contributed by atoms with Gasteiger partial charge in [-0.2, -0.15) is 0 Å². The average Bonchev–Trinajstić information content (AvgIpc) is 3.47. The number of hydrogen-bond acceptors (Lipinski definition) is 3. The Morgan fingerprint density at radius 2 is 1.60 bits per heavy atom. The number of fused-ring (bicyclic) bond motifs is 7. The second-order valence-electron chi connectivity index (χ2n) is 17.8. The summed E-state index contributed by atoms with van der Waals surface area (Å²) in [5, 5.41) is 9.45. The van der Waals surface area contributed by atoms with Gasteiger partial charge >= 0.3 is 5.97 Å². The summed E-state index contributed by atoms with van der Waals surface area (Å²) in [6, 6.07) is 7.64. The zero-order chi connectivity index (χ0) is 34.5. The molecule has 1 aliphatic heterocycles. The number of nitrogens with zero attached hydrogens (tertiary/aromatic N) is 1. The Balaban J connectivity index is 0.00000129. The minimum Gasteiger partial charge on any atom is -0.478 e. The van der Waals surface area contributed by atoms with E-state index in [1.165, 1.54) is 68.9 Å². The molecule has 1 aromatic rings. The molecule has 48 heavy (non-hydrogen) atoms. The summed E-state index contributed by atoms with van der Waals surface area (Å²) in [6.07, 6.45) is 22.9. The van der Waals surface area contributed by atoms with Gasteiger partial charge in [0.25, 0.3) is 0 Å². The Morgan fingerprint density at radius 1 is 0.917 bits per heavy atom. The molecule has 264 valence electrons. The minimum absolute atomic E-state index is 0.0538. The Bertz CT molecular complexity index is 1450. The maximum Gasteiger partial charge on any atom is 0.335 e. The van der Waals surface area contributed by atoms with Crippen LogP contribution in [0.1, 0.15) is 122 Å². The first-order valence-electron chi connectivity index (χ1n) is 19.1. The van der Waals surface area contributed by atoms with E-state index in [4.69, 9.17) is 0 Å². The zero-order valence-corrected chi connectivity index (χ0v) is 31.7. The third-order valence-corrected chi connectivity index (χ3v) is 16.8. The normalized spacial score (nSPS) is 40.8. The van der Waals surface area contributed by atoms with E-state index in [0.29, 0.717) is 27.7 Å². The molecule has 1 saturated heterocycles. The van der Waals surface area contributed by atoms with Crippen LogP contribution in [-0.4, -0.2) is 51.3 Å². The molecule has 7 rings (SSSR count). The molecule has 4 saturated carbocycles. The molecule has 0 bridgehead atoms. The molecule has 0 amide bonds. The number of rotatable bonds is 5. The highest BCUT2D eigenvalue weighted by atomic mass is 32.2. The predicted octanol–water partition coefficient (Wildman–Crippen LogP) is 10.0. The Kier molecular flexibility index (Phi) is 9.92. The van der Waals surface area contributed by atoms with E-state index in [9.17, 15) is 14.1 Å². The summed E-state index contributed by atoms with van der Waals surface area (Å²) < 4.78 is 11.8. The third-order valence-electron chi connectivity index (χ3n) is 15.5. The van der Waals surface area contributed by atoms with Crippen molar-refractivity contribution in [2.45, 2.75) is 106 Å². The largest absolute Gasteiger partial charge is 0.478 e. The summed E-state index contributed by atoms with van der Waals surface area (Å²) >= 11 is 0. The topological polar surface area (TPSA) is 57.6 Å². The lowest BCUT2D eigenvalue weighted by Crippen LogP contribution is -2.64. The van der Waals surface area contributed by atoms with Gasteiger partial charge in [-0.3, -0.25) is 9.11 Å². The highest BCUT2D eigenvalue weighted by molar-refractivity contribution is 7.85. The van der Waals surface area contributed by atoms with Crippen LogP contribution in [0.3, 0.4) is 0 Å². The molecule has 5 aliphatic carbocycles. The van der Waals surface area contributed by atoms with Gasteiger partial charge in [-0.25, -0.2) is 4.79 Å². The van der Waals surface area contributed by atoms with E-state index in [2.05, 4.69) is 64.3 Å². The molecule has 1 aromatic carbocycles. The van der Waals surface area contributed by atoms with Crippen molar-refractivity contribution in [2.24, 2.45) is 50.7 Å². The van der Waals surface area contributed by atoms with Crippen LogP contribution in [0.2, 0.25) is 0 Å². The molecule has 2 unspecified atom stereocenters. The maximum atomic E-state index is 11.8. The van der Waals surface area contributed by atoms with E-state index in [-0.39, 0.29) is 10.8 Å². The highest BCUT2D eigenvalue weighted by Crippen LogP contribution is 2.77. The Morgan fingerprint density at radius 3 is 2.27 bits per heavy atom. The third kappa shape index (κ3) is 5.75. The predicted molar refractivity (Wildman–Crippen MR) is 201 cm³/mol. The number of allylic oxidation sites excluding steroid dienone is 4. The minimum atomic E-state index is -0.854. The monoisotopic (exact) mass is 673 g/mol. The summed E-state index contributed by atoms with van der Waals surface area (Å²) in [5.41, 5.74) is 4.49. The van der Waals surface area contributed by atoms with Crippen LogP contribution in [-0.2, 0) is 10.8 Å². The number of aromatic carboxylic acids is 1. The van der Waals surface area contributed by atoms with Crippen molar-refractivity contribution in [3.8, 4) is 0 Å². The fraction of sp³-hybridized carbons (Fsp3) is 0.698. The van der Waals surface area contributed by atoms with Gasteiger partial charge in [0.05, 0.1) is 5.56 Å². The van der Waals surface area contributed by atoms with Crippen molar-refractivity contribution in [3.63, 3.8) is 0 Å². The SMILES string of the molecule is C=CC.CC1(C)C(c2ccc(C(=O)O)cc2)=CC[C@@]2(C)C1CC[C@]1(C)C2CC[C@@H]2[C@H]3CCC[C@]3(/C=C/CN3CCS(=O)CC3)CC[C@]21C. The Labute approximate surface area is 294 Å². The van der Waals surface area contributed by atoms with Crippen LogP contribution in [0.25, 0.3) is 5.57 Å². The fourth-order valence-corrected chi connectivity index (χ4v) is 14.2. The van der Waals surface area contributed by atoms with Crippen molar-refractivity contribution in [3.05, 3.63) is 66.3 Å². The molecule has 0 spiro atoms. The molecular weight excluding hydrogens is 611 g/mol. The molecule has 8 atom stereocenters. The number of benzene rings is 1. The Hall–Kier alpha value is -1.98. The molecule has 1 N–H and O–H groups in total. The lowest BCUT2D eigenvalue weighted by molar-refractivity contribution is -0.218. The summed E-state index contributed by atoms with van der Waals surface area (Å²) in [5.74, 6) is 3.86. The van der Waals surface area contributed by atoms with Gasteiger partial charge < -0.3 is 5.11 Å². The van der Waals surface area contributed by atoms with Crippen LogP contribution in [0.5, 0.6) is 0 Å². The smallest absolute Gasteiger partial charge is 0.335 e. The van der Waals surface area contributed by atoms with Gasteiger partial charge in [-0.15, -0.1) is 6.58 Å². The lowest BCUT2D eigenvalue weighted by atomic mass is 9.32. The van der Waals surface area contributed by atoms with Crippen LogP contribution in [0, 0.1) is 50.7 Å². The molecule has 5 heteroatoms. The summed E-state index contributed by atoms with van der Waals surface area (Å²) in [6.45, 7) is 21.3. The van der Waals surface area contributed by atoms with Gasteiger partial charge in [-0.1, -0.05) is 77.5 Å². The summed E-state index contributed by atoms with van der Waals surface area (Å²) in [4.78, 5) is 14.0. The number of carbonyl (C=O) groups is 1. The second-order valence-corrected chi connectivity index (χ2v) is 19.5. The van der Waals surface area contributed by atoms with Gasteiger partial charge in [0, 0.05) is 41.9 Å². The van der Waals surface area contributed by atoms with Gasteiger partial charge in [0.15, 0.2) is 0 Å². The van der Waals surface area contributed by atoms with Gasteiger partial charge in [0.1, 0.15) is 0 Å². The molecule has 6 aliphatic rings. The second kappa shape index (κ2) is 13.3. The molecule has 1 heterocycles. The van der Waals surface area contributed by atoms with Gasteiger partial charge in [-0.05, 0) is 139 Å². The average molecular weight is 674 g/mol. The molecule has 5 fully saturated rings. The van der Waals surface area contributed by atoms with Gasteiger partial charge in [0.2, 0.25) is 0 Å². The standard InChI is InChI=1S/C40H57NO3S.C3H6/c1-36(2)30(28-9-11-29(12-10-28)35(42)43)15-19-37(3)33(36)16-20-39(5)34(37)14-13-31-32-8-6-17-40(32,22-21-38(31,39)4)18-7-23-41-24-26-45(44)27-25-41;1-3-2/h7,9-12,15,18,31-34H,6,8,13-14,16-17,19-27H2,1-5H3,(H,42,43);3H,1H2,2H3/b18-7+;/t31-,32-,33?,34?,37+,38-,39-,40+;/m1./s1. The van der Waals surface area contributed by atoms with Crippen LogP contribution < -0.4 is 0 Å². The fourth-order valence-electron chi connectivity index (χ4n) is 13.1.